The van der Waals surface area contributed by atoms with Crippen LogP contribution >= 0.6 is 0 Å². The first kappa shape index (κ1) is 21.5. The summed E-state index contributed by atoms with van der Waals surface area (Å²) in [5.74, 6) is -0.422. The molecule has 4 rings (SSSR count). The van der Waals surface area contributed by atoms with Gasteiger partial charge in [0.15, 0.2) is 0 Å². The van der Waals surface area contributed by atoms with Crippen LogP contribution in [0.4, 0.5) is 17.1 Å². The fourth-order valence-electron chi connectivity index (χ4n) is 3.34. The molecular formula is C25H20N4O4. The number of nitrogens with one attached hydrogen (secondary N) is 2. The van der Waals surface area contributed by atoms with Gasteiger partial charge in [0.25, 0.3) is 11.6 Å². The molecule has 0 bridgehead atoms. The minimum Gasteiger partial charge on any atom is -0.507 e. The number of phenols is 1. The number of nitro groups is 1. The predicted octanol–water partition coefficient (Wildman–Crippen LogP) is 5.46. The Labute approximate surface area is 189 Å². The van der Waals surface area contributed by atoms with Gasteiger partial charge in [0.2, 0.25) is 0 Å². The van der Waals surface area contributed by atoms with Crippen LogP contribution in [0.1, 0.15) is 21.5 Å². The molecule has 8 heteroatoms. The Morgan fingerprint density at radius 3 is 2.55 bits per heavy atom. The first-order valence-corrected chi connectivity index (χ1v) is 10.1. The number of hydrogen-bond acceptors (Lipinski definition) is 6. The molecule has 0 atom stereocenters. The maximum absolute atomic E-state index is 12.5. The molecule has 0 aliphatic carbocycles. The zero-order valence-electron chi connectivity index (χ0n) is 17.6. The highest BCUT2D eigenvalue weighted by atomic mass is 16.6. The molecule has 0 aromatic heterocycles. The molecule has 4 aromatic rings. The Balaban J connectivity index is 1.56. The first-order chi connectivity index (χ1) is 15.9. The van der Waals surface area contributed by atoms with Gasteiger partial charge in [0.1, 0.15) is 11.4 Å². The van der Waals surface area contributed by atoms with Gasteiger partial charge in [-0.05, 0) is 48.0 Å². The van der Waals surface area contributed by atoms with Crippen molar-refractivity contribution in [3.8, 4) is 5.75 Å². The second-order valence-corrected chi connectivity index (χ2v) is 7.40. The van der Waals surface area contributed by atoms with Crippen molar-refractivity contribution < 1.29 is 14.8 Å². The number of amides is 1. The van der Waals surface area contributed by atoms with Crippen LogP contribution in [0.3, 0.4) is 0 Å². The normalized spacial score (nSPS) is 10.9. The molecule has 33 heavy (non-hydrogen) atoms. The zero-order valence-corrected chi connectivity index (χ0v) is 17.6. The third-order valence-corrected chi connectivity index (χ3v) is 5.09. The summed E-state index contributed by atoms with van der Waals surface area (Å²) in [5, 5.41) is 30.3. The van der Waals surface area contributed by atoms with Crippen molar-refractivity contribution in [2.24, 2.45) is 5.10 Å². The van der Waals surface area contributed by atoms with E-state index in [0.717, 1.165) is 16.3 Å². The van der Waals surface area contributed by atoms with E-state index >= 15 is 0 Å². The number of anilines is 2. The van der Waals surface area contributed by atoms with Gasteiger partial charge in [0, 0.05) is 22.9 Å². The van der Waals surface area contributed by atoms with E-state index in [0.29, 0.717) is 11.3 Å². The molecule has 0 radical (unpaired) electrons. The Hall–Kier alpha value is -4.72. The number of nitrogens with zero attached hydrogens (tertiary/aromatic N) is 2. The van der Waals surface area contributed by atoms with Crippen molar-refractivity contribution in [2.45, 2.75) is 6.92 Å². The van der Waals surface area contributed by atoms with E-state index < -0.39 is 10.8 Å². The zero-order chi connectivity index (χ0) is 23.4. The maximum atomic E-state index is 12.5. The van der Waals surface area contributed by atoms with E-state index in [4.69, 9.17) is 0 Å². The molecule has 3 N–H and O–H groups in total. The van der Waals surface area contributed by atoms with Gasteiger partial charge in [-0.1, -0.05) is 48.0 Å². The summed E-state index contributed by atoms with van der Waals surface area (Å²) in [5.41, 5.74) is 4.73. The molecule has 0 spiro atoms. The summed E-state index contributed by atoms with van der Waals surface area (Å²) >= 11 is 0. The molecule has 1 amide bonds. The van der Waals surface area contributed by atoms with Crippen LogP contribution < -0.4 is 10.7 Å². The van der Waals surface area contributed by atoms with Crippen LogP contribution in [-0.2, 0) is 0 Å². The third kappa shape index (κ3) is 4.80. The number of nitro benzene ring substituents is 1. The van der Waals surface area contributed by atoms with E-state index in [9.17, 15) is 20.0 Å². The number of fused-ring (bicyclic) bond motifs is 1. The number of carbonyl (C=O) groups is 1. The van der Waals surface area contributed by atoms with Gasteiger partial charge in [-0.2, -0.15) is 5.10 Å². The van der Waals surface area contributed by atoms with Crippen molar-refractivity contribution in [1.82, 2.24) is 0 Å². The Kier molecular flexibility index (Phi) is 5.99. The SMILES string of the molecule is Cc1ccc(NC(=O)c2ccc(NN=Cc3c(O)ccc4ccccc34)c([N+](=O)[O-])c2)cc1. The quantitative estimate of drug-likeness (QED) is 0.209. The van der Waals surface area contributed by atoms with E-state index in [-0.39, 0.29) is 22.7 Å². The number of hydrazone groups is 1. The predicted molar refractivity (Wildman–Crippen MR) is 129 cm³/mol. The molecule has 0 aliphatic rings. The number of aryl methyl sites for hydroxylation is 1. The largest absolute Gasteiger partial charge is 0.507 e. The summed E-state index contributed by atoms with van der Waals surface area (Å²) in [4.78, 5) is 23.5. The Morgan fingerprint density at radius 1 is 1.03 bits per heavy atom. The molecule has 0 unspecified atom stereocenters. The van der Waals surface area contributed by atoms with Crippen molar-refractivity contribution in [3.05, 3.63) is 106 Å². The van der Waals surface area contributed by atoms with Crippen molar-refractivity contribution >= 4 is 40.0 Å². The van der Waals surface area contributed by atoms with E-state index in [1.54, 1.807) is 24.3 Å². The number of rotatable bonds is 6. The molecule has 0 saturated carbocycles. The van der Waals surface area contributed by atoms with Crippen LogP contribution in [0.25, 0.3) is 10.8 Å². The van der Waals surface area contributed by atoms with Crippen LogP contribution in [0.2, 0.25) is 0 Å². The third-order valence-electron chi connectivity index (χ3n) is 5.09. The first-order valence-electron chi connectivity index (χ1n) is 10.1. The number of aromatic hydroxyl groups is 1. The van der Waals surface area contributed by atoms with E-state index in [1.165, 1.54) is 24.4 Å². The van der Waals surface area contributed by atoms with Crippen LogP contribution in [0.5, 0.6) is 5.75 Å². The Bertz CT molecular complexity index is 1380. The van der Waals surface area contributed by atoms with Crippen LogP contribution in [-0.4, -0.2) is 22.2 Å². The fourth-order valence-corrected chi connectivity index (χ4v) is 3.34. The minimum atomic E-state index is -0.587. The van der Waals surface area contributed by atoms with Crippen LogP contribution in [0.15, 0.2) is 84.0 Å². The van der Waals surface area contributed by atoms with Crippen molar-refractivity contribution in [1.29, 1.82) is 0 Å². The van der Waals surface area contributed by atoms with Gasteiger partial charge in [-0.15, -0.1) is 0 Å². The van der Waals surface area contributed by atoms with Gasteiger partial charge < -0.3 is 10.4 Å². The van der Waals surface area contributed by atoms with E-state index in [2.05, 4.69) is 15.8 Å². The highest BCUT2D eigenvalue weighted by Gasteiger charge is 2.18. The monoisotopic (exact) mass is 440 g/mol. The van der Waals surface area contributed by atoms with Crippen molar-refractivity contribution in [3.63, 3.8) is 0 Å². The molecule has 0 saturated heterocycles. The number of phenolic OH excluding ortho intramolecular Hbond substituents is 1. The molecule has 0 fully saturated rings. The molecular weight excluding hydrogens is 420 g/mol. The molecule has 4 aromatic carbocycles. The Morgan fingerprint density at radius 2 is 1.79 bits per heavy atom. The summed E-state index contributed by atoms with van der Waals surface area (Å²) < 4.78 is 0. The fraction of sp³-hybridized carbons (Fsp3) is 0.0400. The van der Waals surface area contributed by atoms with Gasteiger partial charge in [0.05, 0.1) is 11.1 Å². The average Bonchev–Trinajstić information content (AvgIpc) is 2.82. The lowest BCUT2D eigenvalue weighted by molar-refractivity contribution is -0.384. The molecule has 0 heterocycles. The average molecular weight is 440 g/mol. The summed E-state index contributed by atoms with van der Waals surface area (Å²) in [6, 6.07) is 22.2. The smallest absolute Gasteiger partial charge is 0.294 e. The molecule has 164 valence electrons. The van der Waals surface area contributed by atoms with Crippen molar-refractivity contribution in [2.75, 3.05) is 10.7 Å². The maximum Gasteiger partial charge on any atom is 0.294 e. The van der Waals surface area contributed by atoms with Gasteiger partial charge >= 0.3 is 0 Å². The summed E-state index contributed by atoms with van der Waals surface area (Å²) in [6.45, 7) is 1.94. The minimum absolute atomic E-state index is 0.0388. The standard InChI is InChI=1S/C25H20N4O4/c1-16-6-10-19(11-7-16)27-25(31)18-8-12-22(23(14-18)29(32)33)28-26-15-21-20-5-3-2-4-17(20)9-13-24(21)30/h2-15,28,30H,1H3,(H,27,31). The lowest BCUT2D eigenvalue weighted by Crippen LogP contribution is -2.12. The lowest BCUT2D eigenvalue weighted by atomic mass is 10.0. The number of hydrogen-bond donors (Lipinski definition) is 3. The summed E-state index contributed by atoms with van der Waals surface area (Å²) in [7, 11) is 0. The number of benzene rings is 4. The molecule has 0 aliphatic heterocycles. The van der Waals surface area contributed by atoms with Crippen LogP contribution in [0, 0.1) is 17.0 Å². The highest BCUT2D eigenvalue weighted by molar-refractivity contribution is 6.05. The molecule has 8 nitrogen and oxygen atoms in total. The highest BCUT2D eigenvalue weighted by Crippen LogP contribution is 2.28. The van der Waals surface area contributed by atoms with Gasteiger partial charge in [-0.3, -0.25) is 20.3 Å². The number of carbonyl (C=O) groups excluding carboxylic acids is 1. The second-order valence-electron chi connectivity index (χ2n) is 7.40. The summed E-state index contributed by atoms with van der Waals surface area (Å²) in [6.07, 6.45) is 1.40. The lowest BCUT2D eigenvalue weighted by Gasteiger charge is -2.08. The van der Waals surface area contributed by atoms with Gasteiger partial charge in [-0.25, -0.2) is 0 Å². The second kappa shape index (κ2) is 9.19. The van der Waals surface area contributed by atoms with E-state index in [1.807, 2.05) is 43.3 Å². The topological polar surface area (TPSA) is 117 Å².